The van der Waals surface area contributed by atoms with Gasteiger partial charge in [0.25, 0.3) is 0 Å². The van der Waals surface area contributed by atoms with E-state index in [0.29, 0.717) is 0 Å². The van der Waals surface area contributed by atoms with E-state index in [0.717, 1.165) is 17.4 Å². The van der Waals surface area contributed by atoms with Crippen LogP contribution in [0.2, 0.25) is 0 Å². The van der Waals surface area contributed by atoms with Gasteiger partial charge in [-0.2, -0.15) is 0 Å². The van der Waals surface area contributed by atoms with Crippen LogP contribution in [0, 0.1) is 0 Å². The third kappa shape index (κ3) is 1.28. The lowest BCUT2D eigenvalue weighted by Crippen LogP contribution is -2.20. The van der Waals surface area contributed by atoms with E-state index in [4.69, 9.17) is 0 Å². The van der Waals surface area contributed by atoms with Gasteiger partial charge in [0.2, 0.25) is 0 Å². The molecule has 1 aromatic rings. The number of hydrogen-bond acceptors (Lipinski definition) is 3. The molecule has 13 heavy (non-hydrogen) atoms. The molecule has 0 amide bonds. The number of rotatable bonds is 1. The van der Waals surface area contributed by atoms with E-state index in [1.165, 1.54) is 0 Å². The van der Waals surface area contributed by atoms with Gasteiger partial charge in [0, 0.05) is 0 Å². The van der Waals surface area contributed by atoms with Crippen molar-refractivity contribution < 1.29 is 9.90 Å². The molecule has 0 saturated heterocycles. The Hall–Kier alpha value is -1.77. The third-order valence-corrected chi connectivity index (χ3v) is 2.08. The van der Waals surface area contributed by atoms with Crippen LogP contribution in [0.25, 0.3) is 6.08 Å². The summed E-state index contributed by atoms with van der Waals surface area (Å²) >= 11 is 0. The Kier molecular flexibility index (Phi) is 1.77. The monoisotopic (exact) mass is 175 g/mol. The first-order valence-electron chi connectivity index (χ1n) is 4.02. The number of fused-ring (bicyclic) bond motifs is 1. The van der Waals surface area contributed by atoms with E-state index in [2.05, 4.69) is 5.32 Å². The first-order valence-corrected chi connectivity index (χ1v) is 4.02. The maximum absolute atomic E-state index is 10.7. The molecule has 1 heterocycles. The van der Waals surface area contributed by atoms with Crippen molar-refractivity contribution in [2.45, 2.75) is 6.04 Å². The highest BCUT2D eigenvalue weighted by Gasteiger charge is 2.15. The molecule has 0 fully saturated rings. The van der Waals surface area contributed by atoms with Crippen molar-refractivity contribution in [1.82, 2.24) is 5.32 Å². The van der Waals surface area contributed by atoms with E-state index in [1.807, 2.05) is 6.08 Å². The fourth-order valence-electron chi connectivity index (χ4n) is 1.43. The molecule has 3 nitrogen and oxygen atoms in total. The number of benzene rings is 1. The Balaban J connectivity index is 2.54. The standard InChI is InChI=1S/C10H9NO2/c12-6-10-9-5-8(13)2-1-7(9)3-4-11-10/h1-6,10-11,13H. The van der Waals surface area contributed by atoms with Gasteiger partial charge >= 0.3 is 0 Å². The maximum Gasteiger partial charge on any atom is 0.146 e. The van der Waals surface area contributed by atoms with E-state index < -0.39 is 0 Å². The molecule has 2 rings (SSSR count). The molecule has 0 spiro atoms. The number of phenolic OH excluding ortho intramolecular Hbond substituents is 1. The largest absolute Gasteiger partial charge is 0.508 e. The third-order valence-electron chi connectivity index (χ3n) is 2.08. The average Bonchev–Trinajstić information content (AvgIpc) is 2.17. The lowest BCUT2D eigenvalue weighted by atomic mass is 9.98. The Morgan fingerprint density at radius 3 is 3.08 bits per heavy atom. The van der Waals surface area contributed by atoms with Crippen LogP contribution in [-0.2, 0) is 4.79 Å². The molecule has 1 atom stereocenters. The second-order valence-corrected chi connectivity index (χ2v) is 2.93. The maximum atomic E-state index is 10.7. The zero-order valence-corrected chi connectivity index (χ0v) is 6.90. The Morgan fingerprint density at radius 2 is 2.31 bits per heavy atom. The van der Waals surface area contributed by atoms with Gasteiger partial charge in [-0.05, 0) is 35.5 Å². The minimum atomic E-state index is -0.341. The average molecular weight is 175 g/mol. The molecule has 0 radical (unpaired) electrons. The molecule has 2 N–H and O–H groups in total. The number of phenols is 1. The highest BCUT2D eigenvalue weighted by atomic mass is 16.3. The van der Waals surface area contributed by atoms with Crippen LogP contribution in [0.4, 0.5) is 0 Å². The molecule has 0 bridgehead atoms. The SMILES string of the molecule is O=CC1NC=Cc2ccc(O)cc21. The van der Waals surface area contributed by atoms with Crippen molar-refractivity contribution in [2.24, 2.45) is 0 Å². The van der Waals surface area contributed by atoms with Crippen molar-refractivity contribution in [3.05, 3.63) is 35.5 Å². The number of hydrogen-bond donors (Lipinski definition) is 2. The van der Waals surface area contributed by atoms with Crippen molar-refractivity contribution in [1.29, 1.82) is 0 Å². The van der Waals surface area contributed by atoms with E-state index in [-0.39, 0.29) is 11.8 Å². The lowest BCUT2D eigenvalue weighted by Gasteiger charge is -2.18. The minimum Gasteiger partial charge on any atom is -0.508 e. The summed E-state index contributed by atoms with van der Waals surface area (Å²) in [5.74, 6) is 0.183. The number of carbonyl (C=O) groups excluding carboxylic acids is 1. The van der Waals surface area contributed by atoms with Gasteiger partial charge < -0.3 is 15.2 Å². The van der Waals surface area contributed by atoms with Gasteiger partial charge in [-0.3, -0.25) is 0 Å². The van der Waals surface area contributed by atoms with Gasteiger partial charge in [0.05, 0.1) is 0 Å². The molecular weight excluding hydrogens is 166 g/mol. The predicted molar refractivity (Wildman–Crippen MR) is 49.1 cm³/mol. The van der Waals surface area contributed by atoms with Crippen LogP contribution in [0.1, 0.15) is 17.2 Å². The highest BCUT2D eigenvalue weighted by molar-refractivity contribution is 5.70. The molecule has 0 saturated carbocycles. The van der Waals surface area contributed by atoms with Crippen molar-refractivity contribution in [3.8, 4) is 5.75 Å². The van der Waals surface area contributed by atoms with Crippen LogP contribution < -0.4 is 5.32 Å². The number of nitrogens with one attached hydrogen (secondary N) is 1. The summed E-state index contributed by atoms with van der Waals surface area (Å²) in [6.45, 7) is 0. The first kappa shape index (κ1) is 7.86. The molecule has 1 aromatic carbocycles. The second-order valence-electron chi connectivity index (χ2n) is 2.93. The van der Waals surface area contributed by atoms with Gasteiger partial charge in [-0.25, -0.2) is 0 Å². The van der Waals surface area contributed by atoms with Crippen LogP contribution in [0.15, 0.2) is 24.4 Å². The van der Waals surface area contributed by atoms with E-state index in [1.54, 1.807) is 24.4 Å². The van der Waals surface area contributed by atoms with E-state index in [9.17, 15) is 9.90 Å². The molecule has 1 aliphatic rings. The van der Waals surface area contributed by atoms with Gasteiger partial charge in [-0.1, -0.05) is 6.07 Å². The lowest BCUT2D eigenvalue weighted by molar-refractivity contribution is -0.109. The summed E-state index contributed by atoms with van der Waals surface area (Å²) in [6.07, 6.45) is 4.43. The number of aromatic hydroxyl groups is 1. The van der Waals surface area contributed by atoms with Gasteiger partial charge in [0.1, 0.15) is 18.1 Å². The number of carbonyl (C=O) groups is 1. The summed E-state index contributed by atoms with van der Waals surface area (Å²) in [6, 6.07) is 4.66. The summed E-state index contributed by atoms with van der Waals surface area (Å²) in [5, 5.41) is 12.1. The Bertz CT molecular complexity index is 371. The van der Waals surface area contributed by atoms with Crippen LogP contribution in [-0.4, -0.2) is 11.4 Å². The highest BCUT2D eigenvalue weighted by Crippen LogP contribution is 2.25. The summed E-state index contributed by atoms with van der Waals surface area (Å²) in [5.41, 5.74) is 1.78. The van der Waals surface area contributed by atoms with Gasteiger partial charge in [0.15, 0.2) is 0 Å². The summed E-state index contributed by atoms with van der Waals surface area (Å²) in [4.78, 5) is 10.7. The Morgan fingerprint density at radius 1 is 1.46 bits per heavy atom. The summed E-state index contributed by atoms with van der Waals surface area (Å²) < 4.78 is 0. The molecule has 66 valence electrons. The quantitative estimate of drug-likeness (QED) is 0.630. The van der Waals surface area contributed by atoms with Crippen molar-refractivity contribution in [2.75, 3.05) is 0 Å². The molecule has 1 aliphatic heterocycles. The van der Waals surface area contributed by atoms with Crippen LogP contribution >= 0.6 is 0 Å². The topological polar surface area (TPSA) is 49.3 Å². The predicted octanol–water partition coefficient (Wildman–Crippen LogP) is 1.21. The zero-order chi connectivity index (χ0) is 9.26. The molecule has 0 aromatic heterocycles. The second kappa shape index (κ2) is 2.94. The zero-order valence-electron chi connectivity index (χ0n) is 6.90. The van der Waals surface area contributed by atoms with Crippen LogP contribution in [0.3, 0.4) is 0 Å². The van der Waals surface area contributed by atoms with E-state index >= 15 is 0 Å². The smallest absolute Gasteiger partial charge is 0.146 e. The molecular formula is C10H9NO2. The first-order chi connectivity index (χ1) is 6.31. The van der Waals surface area contributed by atoms with Crippen molar-refractivity contribution in [3.63, 3.8) is 0 Å². The Labute approximate surface area is 75.7 Å². The summed E-state index contributed by atoms with van der Waals surface area (Å²) in [7, 11) is 0. The molecule has 0 aliphatic carbocycles. The fraction of sp³-hybridized carbons (Fsp3) is 0.100. The molecule has 3 heteroatoms. The minimum absolute atomic E-state index is 0.183. The van der Waals surface area contributed by atoms with Crippen LogP contribution in [0.5, 0.6) is 5.75 Å². The fourth-order valence-corrected chi connectivity index (χ4v) is 1.43. The normalized spacial score (nSPS) is 18.9. The number of aldehydes is 1. The van der Waals surface area contributed by atoms with Gasteiger partial charge in [-0.15, -0.1) is 0 Å². The van der Waals surface area contributed by atoms with Crippen molar-refractivity contribution >= 4 is 12.4 Å². The molecule has 1 unspecified atom stereocenters.